The molecule has 1 N–H and O–H groups in total. The number of hydrogen-bond donors (Lipinski definition) is 1. The molecule has 13 heteroatoms. The first-order valence-electron chi connectivity index (χ1n) is 8.63. The van der Waals surface area contributed by atoms with E-state index in [4.69, 9.17) is 0 Å². The molecule has 0 amide bonds. The van der Waals surface area contributed by atoms with E-state index in [1.165, 1.54) is 31.2 Å². The molecule has 8 nitrogen and oxygen atoms in total. The van der Waals surface area contributed by atoms with Crippen LogP contribution in [0.3, 0.4) is 0 Å². The Bertz CT molecular complexity index is 1190. The molecule has 154 valence electrons. The van der Waals surface area contributed by atoms with Gasteiger partial charge in [0.2, 0.25) is 0 Å². The molecular formula is C17H15BF2N6O2S2. The first-order valence-corrected chi connectivity index (χ1v) is 10.2. The first kappa shape index (κ1) is 20.5. The number of nitrogens with zero attached hydrogens (tertiary/aromatic N) is 5. The summed E-state index contributed by atoms with van der Waals surface area (Å²) in [6.07, 6.45) is 6.67. The van der Waals surface area contributed by atoms with E-state index in [0.29, 0.717) is 16.3 Å². The Morgan fingerprint density at radius 2 is 2.20 bits per heavy atom. The van der Waals surface area contributed by atoms with Crippen LogP contribution in [0.1, 0.15) is 28.8 Å². The number of nitrogens with one attached hydrogen (secondary N) is 1. The van der Waals surface area contributed by atoms with Crippen LogP contribution in [-0.2, 0) is 10.7 Å². The zero-order valence-electron chi connectivity index (χ0n) is 16.1. The molecule has 0 aromatic carbocycles. The van der Waals surface area contributed by atoms with Crippen molar-refractivity contribution in [1.29, 1.82) is 0 Å². The third kappa shape index (κ3) is 3.94. The minimum absolute atomic E-state index is 0.111. The Hall–Kier alpha value is -2.80. The number of anilines is 2. The first-order chi connectivity index (χ1) is 14.3. The molecule has 3 aromatic heterocycles. The molecule has 4 rings (SSSR count). The van der Waals surface area contributed by atoms with Gasteiger partial charge in [-0.3, -0.25) is 0 Å². The van der Waals surface area contributed by atoms with Gasteiger partial charge >= 0.3 is 172 Å². The van der Waals surface area contributed by atoms with Crippen LogP contribution >= 0.6 is 23.3 Å². The maximum absolute atomic E-state index is 14.2. The summed E-state index contributed by atoms with van der Waals surface area (Å²) in [5, 5.41) is 3.40. The van der Waals surface area contributed by atoms with E-state index in [2.05, 4.69) is 24.4 Å². The summed E-state index contributed by atoms with van der Waals surface area (Å²) >= 11 is 2.49. The molecular weight excluding hydrogens is 433 g/mol. The number of allylic oxidation sites excluding steroid dienone is 1. The number of carbonyl (C=O) groups excluding carboxylic acids is 1. The summed E-state index contributed by atoms with van der Waals surface area (Å²) in [6, 6.07) is 1.47. The van der Waals surface area contributed by atoms with Gasteiger partial charge in [-0.05, 0) is 0 Å². The molecule has 0 unspecified atom stereocenters. The number of alkyl halides is 2. The maximum atomic E-state index is 14.2. The predicted octanol–water partition coefficient (Wildman–Crippen LogP) is 3.18. The van der Waals surface area contributed by atoms with Crippen molar-refractivity contribution in [3.8, 4) is 0 Å². The van der Waals surface area contributed by atoms with E-state index in [-0.39, 0.29) is 11.5 Å². The summed E-state index contributed by atoms with van der Waals surface area (Å²) in [7, 11) is 3.14. The van der Waals surface area contributed by atoms with Crippen molar-refractivity contribution in [2.75, 3.05) is 19.5 Å². The Morgan fingerprint density at radius 3 is 2.90 bits per heavy atom. The van der Waals surface area contributed by atoms with Gasteiger partial charge in [0.25, 0.3) is 0 Å². The Labute approximate surface area is 179 Å². The normalized spacial score (nSPS) is 13.9. The van der Waals surface area contributed by atoms with Crippen LogP contribution in [0.2, 0.25) is 0 Å². The molecule has 0 saturated heterocycles. The SMILES string of the molecule is COC(=O)c1cc(Nc2nc(C(C)(F)F)cn3c(C4=CN(C)SB=C4)cnc23)sn1. The summed E-state index contributed by atoms with van der Waals surface area (Å²) < 4.78 is 40.4. The Kier molecular flexibility index (Phi) is 5.32. The van der Waals surface area contributed by atoms with Gasteiger partial charge in [0.15, 0.2) is 0 Å². The molecule has 0 aliphatic carbocycles. The quantitative estimate of drug-likeness (QED) is 0.362. The zero-order valence-corrected chi connectivity index (χ0v) is 17.7. The van der Waals surface area contributed by atoms with Gasteiger partial charge in [0.05, 0.1) is 7.11 Å². The number of hydrogen-bond acceptors (Lipinski definition) is 9. The minimum atomic E-state index is -3.17. The predicted molar refractivity (Wildman–Crippen MR) is 114 cm³/mol. The molecule has 0 radical (unpaired) electrons. The fourth-order valence-corrected chi connectivity index (χ4v) is 3.97. The van der Waals surface area contributed by atoms with Crippen molar-refractivity contribution in [2.24, 2.45) is 0 Å². The zero-order chi connectivity index (χ0) is 21.5. The number of esters is 1. The molecule has 0 atom stereocenters. The van der Waals surface area contributed by atoms with Gasteiger partial charge in [-0.1, -0.05) is 0 Å². The van der Waals surface area contributed by atoms with E-state index >= 15 is 0 Å². The summed E-state index contributed by atoms with van der Waals surface area (Å²) in [5.74, 6) is -1.74. The molecule has 1 aliphatic heterocycles. The van der Waals surface area contributed by atoms with E-state index in [9.17, 15) is 13.6 Å². The number of aromatic nitrogens is 4. The fourth-order valence-electron chi connectivity index (χ4n) is 2.77. The number of halogens is 2. The molecule has 0 bridgehead atoms. The molecule has 30 heavy (non-hydrogen) atoms. The van der Waals surface area contributed by atoms with Gasteiger partial charge in [-0.2, -0.15) is 0 Å². The third-order valence-electron chi connectivity index (χ3n) is 4.18. The van der Waals surface area contributed by atoms with Crippen molar-refractivity contribution >= 4 is 63.5 Å². The van der Waals surface area contributed by atoms with Gasteiger partial charge in [-0.25, -0.2) is 0 Å². The topological polar surface area (TPSA) is 84.6 Å². The van der Waals surface area contributed by atoms with Crippen molar-refractivity contribution in [3.05, 3.63) is 41.7 Å². The molecule has 0 saturated carbocycles. The van der Waals surface area contributed by atoms with Crippen molar-refractivity contribution in [1.82, 2.24) is 23.0 Å². The van der Waals surface area contributed by atoms with Crippen LogP contribution in [0, 0.1) is 0 Å². The number of rotatable bonds is 5. The average molecular weight is 448 g/mol. The molecule has 1 aliphatic rings. The van der Waals surface area contributed by atoms with Crippen LogP contribution < -0.4 is 5.32 Å². The fraction of sp³-hybridized carbons (Fsp3) is 0.235. The number of ether oxygens (including phenoxy) is 1. The summed E-state index contributed by atoms with van der Waals surface area (Å²) in [6.45, 7) is 0.786. The Balaban J connectivity index is 1.82. The monoisotopic (exact) mass is 448 g/mol. The molecule has 3 aromatic rings. The standard InChI is InChI=1S/C17H15BF2N6O2S2/c1-17(19,20)12-8-26-11(9-5-18-30-25(2)7-9)6-21-15(26)14(22-12)23-13-4-10(24-29-13)16(27)28-3/h4-8H,1-3H3,(H,22,23). The number of carbonyl (C=O) groups is 1. The van der Waals surface area contributed by atoms with Gasteiger partial charge < -0.3 is 0 Å². The van der Waals surface area contributed by atoms with Crippen molar-refractivity contribution in [2.45, 2.75) is 12.8 Å². The van der Waals surface area contributed by atoms with Gasteiger partial charge in [0.1, 0.15) is 0 Å². The van der Waals surface area contributed by atoms with Crippen LogP contribution in [0.15, 0.2) is 24.7 Å². The number of methoxy groups -OCH3 is 1. The van der Waals surface area contributed by atoms with Crippen molar-refractivity contribution < 1.29 is 18.3 Å². The summed E-state index contributed by atoms with van der Waals surface area (Å²) in [4.78, 5) is 20.1. The second kappa shape index (κ2) is 7.80. The third-order valence-corrected chi connectivity index (χ3v) is 5.58. The molecule has 4 heterocycles. The van der Waals surface area contributed by atoms with Crippen LogP contribution in [0.25, 0.3) is 11.2 Å². The number of fused-ring (bicyclic) bond motifs is 1. The van der Waals surface area contributed by atoms with Crippen LogP contribution in [-0.4, -0.2) is 55.3 Å². The van der Waals surface area contributed by atoms with Crippen molar-refractivity contribution in [3.63, 3.8) is 0 Å². The van der Waals surface area contributed by atoms with E-state index in [1.807, 2.05) is 29.7 Å². The van der Waals surface area contributed by atoms with Gasteiger partial charge in [-0.15, -0.1) is 0 Å². The molecule has 0 fully saturated rings. The van der Waals surface area contributed by atoms with Crippen LogP contribution in [0.5, 0.6) is 0 Å². The van der Waals surface area contributed by atoms with Crippen LogP contribution in [0.4, 0.5) is 19.6 Å². The Morgan fingerprint density at radius 1 is 1.40 bits per heavy atom. The van der Waals surface area contributed by atoms with E-state index < -0.39 is 17.6 Å². The average Bonchev–Trinajstić information content (AvgIpc) is 3.34. The second-order valence-electron chi connectivity index (χ2n) is 6.43. The second-order valence-corrected chi connectivity index (χ2v) is 8.30. The summed E-state index contributed by atoms with van der Waals surface area (Å²) in [5.41, 5.74) is 1.51. The molecule has 0 spiro atoms. The number of imidazole rings is 1. The van der Waals surface area contributed by atoms with E-state index in [1.54, 1.807) is 10.6 Å². The van der Waals surface area contributed by atoms with E-state index in [0.717, 1.165) is 24.0 Å². The van der Waals surface area contributed by atoms with Gasteiger partial charge in [0, 0.05) is 0 Å².